The Bertz CT molecular complexity index is 585. The molecule has 0 spiro atoms. The summed E-state index contributed by atoms with van der Waals surface area (Å²) >= 11 is 0. The number of pyridine rings is 2. The number of hydrogen-bond donors (Lipinski definition) is 1. The molecule has 0 fully saturated rings. The lowest BCUT2D eigenvalue weighted by Gasteiger charge is -2.23. The van der Waals surface area contributed by atoms with Gasteiger partial charge in [-0.3, -0.25) is 9.97 Å². The quantitative estimate of drug-likeness (QED) is 0.918. The Kier molecular flexibility index (Phi) is 3.25. The monoisotopic (exact) mass is 257 g/mol. The highest BCUT2D eigenvalue weighted by molar-refractivity contribution is 5.32. The minimum absolute atomic E-state index is 0.0550. The van der Waals surface area contributed by atoms with E-state index in [1.54, 1.807) is 12.3 Å². The Hall–Kier alpha value is -1.81. The number of aromatic nitrogens is 2. The number of rotatable bonds is 3. The summed E-state index contributed by atoms with van der Waals surface area (Å²) < 4.78 is 13.3. The zero-order valence-corrected chi connectivity index (χ0v) is 10.8. The zero-order chi connectivity index (χ0) is 13.2. The van der Waals surface area contributed by atoms with Gasteiger partial charge in [-0.15, -0.1) is 0 Å². The first-order chi connectivity index (χ1) is 9.29. The van der Waals surface area contributed by atoms with Gasteiger partial charge in [0.25, 0.3) is 0 Å². The Morgan fingerprint density at radius 1 is 1.42 bits per heavy atom. The third kappa shape index (κ3) is 2.24. The molecule has 2 unspecified atom stereocenters. The van der Waals surface area contributed by atoms with Crippen LogP contribution < -0.4 is 5.32 Å². The summed E-state index contributed by atoms with van der Waals surface area (Å²) in [5.74, 6) is -0.0122. The van der Waals surface area contributed by atoms with Crippen LogP contribution in [0.4, 0.5) is 4.39 Å². The normalized spacial score (nSPS) is 19.2. The van der Waals surface area contributed by atoms with Crippen molar-refractivity contribution in [2.24, 2.45) is 0 Å². The van der Waals surface area contributed by atoms with Crippen LogP contribution in [0.15, 0.2) is 36.8 Å². The van der Waals surface area contributed by atoms with Crippen LogP contribution in [0.25, 0.3) is 0 Å². The Morgan fingerprint density at radius 3 is 3.11 bits per heavy atom. The molecule has 0 saturated carbocycles. The second-order valence-corrected chi connectivity index (χ2v) is 4.90. The number of fused-ring (bicyclic) bond motifs is 1. The molecular weight excluding hydrogens is 241 g/mol. The van der Waals surface area contributed by atoms with Crippen molar-refractivity contribution in [2.45, 2.75) is 24.8 Å². The van der Waals surface area contributed by atoms with E-state index >= 15 is 0 Å². The average molecular weight is 257 g/mol. The molecule has 1 N–H and O–H groups in total. The molecule has 0 aliphatic heterocycles. The summed E-state index contributed by atoms with van der Waals surface area (Å²) in [4.78, 5) is 8.45. The molecule has 0 aromatic carbocycles. The van der Waals surface area contributed by atoms with Gasteiger partial charge in [-0.25, -0.2) is 4.39 Å². The van der Waals surface area contributed by atoms with Gasteiger partial charge in [-0.2, -0.15) is 0 Å². The molecular formula is C15H16FN3. The largest absolute Gasteiger partial charge is 0.312 e. The van der Waals surface area contributed by atoms with Gasteiger partial charge in [-0.1, -0.05) is 6.07 Å². The highest BCUT2D eigenvalue weighted by Gasteiger charge is 2.31. The van der Waals surface area contributed by atoms with E-state index in [0.717, 1.165) is 24.1 Å². The second-order valence-electron chi connectivity index (χ2n) is 4.90. The van der Waals surface area contributed by atoms with Crippen molar-refractivity contribution in [1.82, 2.24) is 15.3 Å². The Labute approximate surface area is 111 Å². The first-order valence-electron chi connectivity index (χ1n) is 6.51. The third-order valence-electron chi connectivity index (χ3n) is 3.80. The lowest BCUT2D eigenvalue weighted by Crippen LogP contribution is -2.23. The fourth-order valence-electron chi connectivity index (χ4n) is 2.97. The van der Waals surface area contributed by atoms with Crippen LogP contribution in [-0.2, 0) is 6.42 Å². The average Bonchev–Trinajstić information content (AvgIpc) is 2.84. The van der Waals surface area contributed by atoms with Gasteiger partial charge < -0.3 is 5.32 Å². The molecule has 19 heavy (non-hydrogen) atoms. The fourth-order valence-corrected chi connectivity index (χ4v) is 2.97. The van der Waals surface area contributed by atoms with Crippen molar-refractivity contribution in [1.29, 1.82) is 0 Å². The second kappa shape index (κ2) is 5.05. The van der Waals surface area contributed by atoms with Crippen molar-refractivity contribution >= 4 is 0 Å². The van der Waals surface area contributed by atoms with E-state index in [4.69, 9.17) is 0 Å². The Balaban J connectivity index is 1.96. The molecule has 2 atom stereocenters. The van der Waals surface area contributed by atoms with E-state index in [-0.39, 0.29) is 17.8 Å². The summed E-state index contributed by atoms with van der Waals surface area (Å²) in [7, 11) is 1.90. The standard InChI is InChI=1S/C15H16FN3/c1-17-14(11-7-12(16)9-18-8-11)13-5-4-10-3-2-6-19-15(10)13/h2-3,6-9,13-14,17H,4-5H2,1H3. The maximum absolute atomic E-state index is 13.3. The summed E-state index contributed by atoms with van der Waals surface area (Å²) in [5.41, 5.74) is 3.31. The highest BCUT2D eigenvalue weighted by Crippen LogP contribution is 2.40. The molecule has 0 saturated heterocycles. The van der Waals surface area contributed by atoms with Crippen molar-refractivity contribution in [3.8, 4) is 0 Å². The smallest absolute Gasteiger partial charge is 0.141 e. The fraction of sp³-hybridized carbons (Fsp3) is 0.333. The van der Waals surface area contributed by atoms with Gasteiger partial charge in [0.2, 0.25) is 0 Å². The number of aryl methyl sites for hydroxylation is 1. The molecule has 1 aliphatic rings. The van der Waals surface area contributed by atoms with Gasteiger partial charge in [0.1, 0.15) is 5.82 Å². The van der Waals surface area contributed by atoms with Crippen LogP contribution in [0, 0.1) is 5.82 Å². The molecule has 0 radical (unpaired) electrons. The molecule has 0 amide bonds. The number of hydrogen-bond acceptors (Lipinski definition) is 3. The predicted molar refractivity (Wildman–Crippen MR) is 71.3 cm³/mol. The summed E-state index contributed by atoms with van der Waals surface area (Å²) in [6, 6.07) is 5.70. The molecule has 3 nitrogen and oxygen atoms in total. The molecule has 3 rings (SSSR count). The van der Waals surface area contributed by atoms with Crippen molar-refractivity contribution in [3.05, 3.63) is 59.4 Å². The lowest BCUT2D eigenvalue weighted by atomic mass is 9.92. The minimum Gasteiger partial charge on any atom is -0.312 e. The van der Waals surface area contributed by atoms with Gasteiger partial charge in [-0.05, 0) is 43.1 Å². The maximum atomic E-state index is 13.3. The number of nitrogens with zero attached hydrogens (tertiary/aromatic N) is 2. The van der Waals surface area contributed by atoms with Crippen molar-refractivity contribution in [3.63, 3.8) is 0 Å². The molecule has 98 valence electrons. The first-order valence-corrected chi connectivity index (χ1v) is 6.51. The number of nitrogens with one attached hydrogen (secondary N) is 1. The molecule has 4 heteroatoms. The van der Waals surface area contributed by atoms with E-state index in [1.165, 1.54) is 11.8 Å². The molecule has 2 heterocycles. The Morgan fingerprint density at radius 2 is 2.32 bits per heavy atom. The first kappa shape index (κ1) is 12.2. The van der Waals surface area contributed by atoms with Gasteiger partial charge >= 0.3 is 0 Å². The SMILES string of the molecule is CNC(c1cncc(F)c1)C1CCc2cccnc21. The third-order valence-corrected chi connectivity index (χ3v) is 3.80. The lowest BCUT2D eigenvalue weighted by molar-refractivity contribution is 0.465. The van der Waals surface area contributed by atoms with Crippen LogP contribution >= 0.6 is 0 Å². The van der Waals surface area contributed by atoms with Crippen LogP contribution in [0.1, 0.15) is 35.2 Å². The van der Waals surface area contributed by atoms with E-state index in [9.17, 15) is 4.39 Å². The topological polar surface area (TPSA) is 37.8 Å². The summed E-state index contributed by atoms with van der Waals surface area (Å²) in [6.45, 7) is 0. The predicted octanol–water partition coefficient (Wildman–Crippen LogP) is 2.61. The van der Waals surface area contributed by atoms with Crippen molar-refractivity contribution in [2.75, 3.05) is 7.05 Å². The van der Waals surface area contributed by atoms with E-state index in [2.05, 4.69) is 21.4 Å². The zero-order valence-electron chi connectivity index (χ0n) is 10.8. The van der Waals surface area contributed by atoms with Gasteiger partial charge in [0.05, 0.1) is 6.20 Å². The van der Waals surface area contributed by atoms with Crippen LogP contribution in [0.5, 0.6) is 0 Å². The molecule has 0 bridgehead atoms. The summed E-state index contributed by atoms with van der Waals surface area (Å²) in [6.07, 6.45) is 6.86. The molecule has 2 aromatic rings. The van der Waals surface area contributed by atoms with Crippen molar-refractivity contribution < 1.29 is 4.39 Å². The minimum atomic E-state index is -0.294. The number of likely N-dealkylation sites (N-methyl/N-ethyl adjacent to an activating group) is 1. The number of halogens is 1. The van der Waals surface area contributed by atoms with Crippen LogP contribution in [0.3, 0.4) is 0 Å². The van der Waals surface area contributed by atoms with E-state index in [1.807, 2.05) is 19.3 Å². The van der Waals surface area contributed by atoms with E-state index < -0.39 is 0 Å². The molecule has 1 aliphatic carbocycles. The van der Waals surface area contributed by atoms with Crippen LogP contribution in [0.2, 0.25) is 0 Å². The van der Waals surface area contributed by atoms with E-state index in [0.29, 0.717) is 0 Å². The van der Waals surface area contributed by atoms with Gasteiger partial charge in [0, 0.05) is 30.0 Å². The maximum Gasteiger partial charge on any atom is 0.141 e. The highest BCUT2D eigenvalue weighted by atomic mass is 19.1. The van der Waals surface area contributed by atoms with Gasteiger partial charge in [0.15, 0.2) is 0 Å². The summed E-state index contributed by atoms with van der Waals surface area (Å²) in [5, 5.41) is 3.28. The molecule has 2 aromatic heterocycles. The van der Waals surface area contributed by atoms with Crippen LogP contribution in [-0.4, -0.2) is 17.0 Å².